The molecule has 0 amide bonds. The standard InChI is InChI=1S/C13H12N6/c1-19-3-2-8-4-9(7-15-13(8)19)10-5-11-12(14-6-10)17-18-16-11/h4-7H,2-3H2,1H3,(H,14,16,17,18). The second kappa shape index (κ2) is 3.74. The van der Waals surface area contributed by atoms with Gasteiger partial charge in [0.15, 0.2) is 0 Å². The van der Waals surface area contributed by atoms with E-state index < -0.39 is 0 Å². The fourth-order valence-corrected chi connectivity index (χ4v) is 2.48. The zero-order valence-electron chi connectivity index (χ0n) is 10.5. The molecule has 0 atom stereocenters. The summed E-state index contributed by atoms with van der Waals surface area (Å²) in [6.45, 7) is 1.03. The maximum absolute atomic E-state index is 4.54. The van der Waals surface area contributed by atoms with Crippen molar-refractivity contribution in [2.75, 3.05) is 18.5 Å². The molecule has 0 bridgehead atoms. The van der Waals surface area contributed by atoms with Gasteiger partial charge in [0.25, 0.3) is 0 Å². The number of aromatic nitrogens is 5. The third kappa shape index (κ3) is 1.56. The lowest BCUT2D eigenvalue weighted by atomic mass is 10.1. The van der Waals surface area contributed by atoms with E-state index in [2.05, 4.69) is 43.4 Å². The van der Waals surface area contributed by atoms with E-state index in [9.17, 15) is 0 Å². The highest BCUT2D eigenvalue weighted by atomic mass is 15.3. The maximum Gasteiger partial charge on any atom is 0.201 e. The van der Waals surface area contributed by atoms with Gasteiger partial charge in [0, 0.05) is 37.1 Å². The molecule has 1 aliphatic heterocycles. The van der Waals surface area contributed by atoms with Crippen molar-refractivity contribution >= 4 is 17.0 Å². The number of anilines is 1. The molecular formula is C13H12N6. The molecule has 0 aliphatic carbocycles. The Morgan fingerprint density at radius 2 is 1.95 bits per heavy atom. The first-order valence-corrected chi connectivity index (χ1v) is 6.18. The summed E-state index contributed by atoms with van der Waals surface area (Å²) >= 11 is 0. The Morgan fingerprint density at radius 1 is 1.11 bits per heavy atom. The Hall–Kier alpha value is -2.50. The average molecular weight is 252 g/mol. The molecule has 0 aromatic carbocycles. The first-order chi connectivity index (χ1) is 9.31. The van der Waals surface area contributed by atoms with Crippen LogP contribution in [-0.2, 0) is 6.42 Å². The molecule has 4 heterocycles. The molecule has 1 aliphatic rings. The van der Waals surface area contributed by atoms with Crippen molar-refractivity contribution in [2.45, 2.75) is 6.42 Å². The van der Waals surface area contributed by atoms with Crippen LogP contribution in [0.4, 0.5) is 5.82 Å². The van der Waals surface area contributed by atoms with Gasteiger partial charge in [-0.2, -0.15) is 10.3 Å². The predicted molar refractivity (Wildman–Crippen MR) is 71.9 cm³/mol. The minimum absolute atomic E-state index is 0.637. The lowest BCUT2D eigenvalue weighted by Gasteiger charge is -2.10. The van der Waals surface area contributed by atoms with Crippen LogP contribution in [0, 0.1) is 0 Å². The number of hydrogen-bond acceptors (Lipinski definition) is 5. The number of nitrogens with zero attached hydrogens (tertiary/aromatic N) is 5. The van der Waals surface area contributed by atoms with Crippen LogP contribution < -0.4 is 4.90 Å². The van der Waals surface area contributed by atoms with Gasteiger partial charge in [-0.25, -0.2) is 9.97 Å². The van der Waals surface area contributed by atoms with Crippen LogP contribution in [0.1, 0.15) is 5.56 Å². The van der Waals surface area contributed by atoms with E-state index in [0.29, 0.717) is 5.65 Å². The number of rotatable bonds is 1. The third-order valence-corrected chi connectivity index (χ3v) is 3.53. The maximum atomic E-state index is 4.54. The molecule has 0 spiro atoms. The summed E-state index contributed by atoms with van der Waals surface area (Å²) in [5.41, 5.74) is 4.80. The lowest BCUT2D eigenvalue weighted by Crippen LogP contribution is -2.13. The molecule has 94 valence electrons. The Morgan fingerprint density at radius 3 is 2.89 bits per heavy atom. The van der Waals surface area contributed by atoms with Crippen LogP contribution in [0.5, 0.6) is 0 Å². The van der Waals surface area contributed by atoms with Crippen LogP contribution >= 0.6 is 0 Å². The smallest absolute Gasteiger partial charge is 0.201 e. The van der Waals surface area contributed by atoms with Crippen molar-refractivity contribution < 1.29 is 0 Å². The van der Waals surface area contributed by atoms with E-state index in [1.54, 1.807) is 0 Å². The van der Waals surface area contributed by atoms with Gasteiger partial charge >= 0.3 is 0 Å². The molecule has 4 rings (SSSR count). The zero-order chi connectivity index (χ0) is 12.8. The largest absolute Gasteiger partial charge is 0.359 e. The molecule has 3 aromatic heterocycles. The van der Waals surface area contributed by atoms with Gasteiger partial charge in [-0.3, -0.25) is 0 Å². The minimum Gasteiger partial charge on any atom is -0.359 e. The highest BCUT2D eigenvalue weighted by molar-refractivity contribution is 5.77. The highest BCUT2D eigenvalue weighted by Gasteiger charge is 2.17. The Labute approximate surface area is 109 Å². The molecular weight excluding hydrogens is 240 g/mol. The third-order valence-electron chi connectivity index (χ3n) is 3.53. The molecule has 0 unspecified atom stereocenters. The number of hydrogen-bond donors (Lipinski definition) is 1. The Balaban J connectivity index is 1.83. The Kier molecular flexibility index (Phi) is 2.05. The van der Waals surface area contributed by atoms with Crippen LogP contribution in [0.3, 0.4) is 0 Å². The second-order valence-electron chi connectivity index (χ2n) is 4.77. The Bertz CT molecular complexity index is 763. The fraction of sp³-hybridized carbons (Fsp3) is 0.231. The molecule has 1 N–H and O–H groups in total. The van der Waals surface area contributed by atoms with Crippen molar-refractivity contribution in [3.63, 3.8) is 0 Å². The second-order valence-corrected chi connectivity index (χ2v) is 4.77. The average Bonchev–Trinajstić information content (AvgIpc) is 3.04. The van der Waals surface area contributed by atoms with E-state index in [4.69, 9.17) is 0 Å². The van der Waals surface area contributed by atoms with Gasteiger partial charge in [0.05, 0.1) is 0 Å². The first kappa shape index (κ1) is 10.4. The summed E-state index contributed by atoms with van der Waals surface area (Å²) in [7, 11) is 2.07. The summed E-state index contributed by atoms with van der Waals surface area (Å²) in [5, 5.41) is 10.6. The van der Waals surface area contributed by atoms with Gasteiger partial charge in [0.1, 0.15) is 11.3 Å². The minimum atomic E-state index is 0.637. The van der Waals surface area contributed by atoms with E-state index in [-0.39, 0.29) is 0 Å². The van der Waals surface area contributed by atoms with Crippen molar-refractivity contribution in [3.8, 4) is 11.1 Å². The lowest BCUT2D eigenvalue weighted by molar-refractivity contribution is 0.945. The van der Waals surface area contributed by atoms with E-state index >= 15 is 0 Å². The van der Waals surface area contributed by atoms with Crippen molar-refractivity contribution in [1.29, 1.82) is 0 Å². The van der Waals surface area contributed by atoms with Gasteiger partial charge in [-0.1, -0.05) is 0 Å². The van der Waals surface area contributed by atoms with E-state index in [1.165, 1.54) is 5.56 Å². The normalized spacial score (nSPS) is 14.1. The van der Waals surface area contributed by atoms with Crippen LogP contribution in [0.15, 0.2) is 24.5 Å². The number of nitrogens with one attached hydrogen (secondary N) is 1. The van der Waals surface area contributed by atoms with Crippen LogP contribution in [-0.4, -0.2) is 39.0 Å². The molecule has 0 radical (unpaired) electrons. The number of aromatic amines is 1. The first-order valence-electron chi connectivity index (χ1n) is 6.18. The summed E-state index contributed by atoms with van der Waals surface area (Å²) in [5.74, 6) is 1.08. The van der Waals surface area contributed by atoms with E-state index in [0.717, 1.165) is 35.4 Å². The molecule has 0 saturated carbocycles. The van der Waals surface area contributed by atoms with Gasteiger partial charge in [-0.15, -0.1) is 5.10 Å². The number of pyridine rings is 2. The number of fused-ring (bicyclic) bond motifs is 2. The summed E-state index contributed by atoms with van der Waals surface area (Å²) in [6.07, 6.45) is 4.75. The summed E-state index contributed by atoms with van der Waals surface area (Å²) < 4.78 is 0. The van der Waals surface area contributed by atoms with Crippen molar-refractivity contribution in [3.05, 3.63) is 30.1 Å². The predicted octanol–water partition coefficient (Wildman–Crippen LogP) is 1.41. The molecule has 3 aromatic rings. The van der Waals surface area contributed by atoms with E-state index in [1.807, 2.05) is 18.5 Å². The van der Waals surface area contributed by atoms with Gasteiger partial charge < -0.3 is 4.90 Å². The fourth-order valence-electron chi connectivity index (χ4n) is 2.48. The monoisotopic (exact) mass is 252 g/mol. The highest BCUT2D eigenvalue weighted by Crippen LogP contribution is 2.29. The summed E-state index contributed by atoms with van der Waals surface area (Å²) in [4.78, 5) is 11.0. The topological polar surface area (TPSA) is 70.6 Å². The molecule has 19 heavy (non-hydrogen) atoms. The number of H-pyrrole nitrogens is 1. The van der Waals surface area contributed by atoms with Crippen molar-refractivity contribution in [2.24, 2.45) is 0 Å². The van der Waals surface area contributed by atoms with Gasteiger partial charge in [-0.05, 0) is 24.1 Å². The molecule has 0 fully saturated rings. The van der Waals surface area contributed by atoms with Crippen LogP contribution in [0.2, 0.25) is 0 Å². The number of likely N-dealkylation sites (N-methyl/N-ethyl adjacent to an activating group) is 1. The van der Waals surface area contributed by atoms with Crippen molar-refractivity contribution in [1.82, 2.24) is 25.4 Å². The SMILES string of the molecule is CN1CCc2cc(-c3cnc4n[nH]nc4c3)cnc21. The van der Waals surface area contributed by atoms with Crippen LogP contribution in [0.25, 0.3) is 22.3 Å². The summed E-state index contributed by atoms with van der Waals surface area (Å²) in [6, 6.07) is 4.17. The van der Waals surface area contributed by atoms with Gasteiger partial charge in [0.2, 0.25) is 5.65 Å². The quantitative estimate of drug-likeness (QED) is 0.709. The molecule has 6 heteroatoms. The zero-order valence-corrected chi connectivity index (χ0v) is 10.5. The molecule has 6 nitrogen and oxygen atoms in total. The molecule has 0 saturated heterocycles.